The van der Waals surface area contributed by atoms with E-state index in [0.717, 1.165) is 14.0 Å². The van der Waals surface area contributed by atoms with Gasteiger partial charge in [-0.2, -0.15) is 0 Å². The van der Waals surface area contributed by atoms with Gasteiger partial charge in [0.2, 0.25) is 0 Å². The molecule has 0 saturated heterocycles. The minimum atomic E-state index is -0.833. The maximum atomic E-state index is 9.00. The van der Waals surface area contributed by atoms with E-state index in [1.165, 1.54) is 0 Å². The Labute approximate surface area is 72.3 Å². The van der Waals surface area contributed by atoms with Crippen LogP contribution in [0.15, 0.2) is 36.4 Å². The first kappa shape index (κ1) is 13.3. The van der Waals surface area contributed by atoms with Gasteiger partial charge < -0.3 is 10.2 Å². The van der Waals surface area contributed by atoms with Crippen LogP contribution in [0.25, 0.3) is 0 Å². The molecule has 0 saturated carbocycles. The molecule has 0 aliphatic rings. The van der Waals surface area contributed by atoms with Crippen LogP contribution in [0.4, 0.5) is 0 Å². The van der Waals surface area contributed by atoms with Crippen molar-refractivity contribution in [2.24, 2.45) is 0 Å². The van der Waals surface area contributed by atoms with Crippen LogP contribution in [0.3, 0.4) is 0 Å². The average molecular weight is 170 g/mol. The molecule has 2 N–H and O–H groups in total. The average Bonchev–Trinajstić information content (AvgIpc) is 2.10. The van der Waals surface area contributed by atoms with Gasteiger partial charge in [0.05, 0.1) is 0 Å². The van der Waals surface area contributed by atoms with Crippen molar-refractivity contribution in [2.75, 3.05) is 7.11 Å². The number of aliphatic hydroxyl groups excluding tert-OH is 1. The lowest BCUT2D eigenvalue weighted by Gasteiger charge is -1.69. The Hall–Kier alpha value is -1.35. The summed E-state index contributed by atoms with van der Waals surface area (Å²) in [4.78, 5) is 9.00. The Morgan fingerprint density at radius 3 is 1.08 bits per heavy atom. The molecule has 0 heterocycles. The highest BCUT2D eigenvalue weighted by molar-refractivity contribution is 5.62. The summed E-state index contributed by atoms with van der Waals surface area (Å²) in [6, 6.07) is 12.0. The molecule has 3 nitrogen and oxygen atoms in total. The summed E-state index contributed by atoms with van der Waals surface area (Å²) < 4.78 is 0. The van der Waals surface area contributed by atoms with E-state index in [-0.39, 0.29) is 0 Å². The van der Waals surface area contributed by atoms with Crippen molar-refractivity contribution >= 4 is 5.97 Å². The summed E-state index contributed by atoms with van der Waals surface area (Å²) in [6.07, 6.45) is 0. The smallest absolute Gasteiger partial charge is 0.300 e. The molecule has 0 radical (unpaired) electrons. The van der Waals surface area contributed by atoms with Gasteiger partial charge >= 0.3 is 0 Å². The van der Waals surface area contributed by atoms with Crippen LogP contribution in [-0.2, 0) is 4.79 Å². The number of aliphatic hydroxyl groups is 1. The molecule has 0 spiro atoms. The fraction of sp³-hybridized carbons (Fsp3) is 0.222. The van der Waals surface area contributed by atoms with Gasteiger partial charge in [0.15, 0.2) is 0 Å². The van der Waals surface area contributed by atoms with Crippen LogP contribution in [0.5, 0.6) is 0 Å². The van der Waals surface area contributed by atoms with E-state index in [1.54, 1.807) is 0 Å². The first-order chi connectivity index (χ1) is 5.73. The number of hydrogen-bond donors (Lipinski definition) is 2. The van der Waals surface area contributed by atoms with Crippen molar-refractivity contribution < 1.29 is 15.0 Å². The summed E-state index contributed by atoms with van der Waals surface area (Å²) in [5, 5.41) is 14.4. The van der Waals surface area contributed by atoms with Crippen molar-refractivity contribution in [3.63, 3.8) is 0 Å². The standard InChI is InChI=1S/C6H6.C2H4O2.CH4O/c1-2-4-6-5-3-1;1-2(3)4;1-2/h1-6H;1H3,(H,3,4);2H,1H3. The summed E-state index contributed by atoms with van der Waals surface area (Å²) in [5.74, 6) is -0.833. The van der Waals surface area contributed by atoms with E-state index in [4.69, 9.17) is 15.0 Å². The highest BCUT2D eigenvalue weighted by atomic mass is 16.4. The number of carboxylic acids is 1. The molecule has 3 heteroatoms. The summed E-state index contributed by atoms with van der Waals surface area (Å²) in [6.45, 7) is 1.08. The number of rotatable bonds is 0. The van der Waals surface area contributed by atoms with E-state index in [1.807, 2.05) is 36.4 Å². The third-order valence-corrected chi connectivity index (χ3v) is 0.667. The molecule has 0 atom stereocenters. The minimum Gasteiger partial charge on any atom is -0.481 e. The largest absolute Gasteiger partial charge is 0.481 e. The molecular formula is C9H14O3. The van der Waals surface area contributed by atoms with Gasteiger partial charge in [-0.05, 0) is 0 Å². The second-order valence-electron chi connectivity index (χ2n) is 1.67. The van der Waals surface area contributed by atoms with Crippen LogP contribution in [0, 0.1) is 0 Å². The van der Waals surface area contributed by atoms with Crippen LogP contribution < -0.4 is 0 Å². The molecule has 1 aromatic carbocycles. The topological polar surface area (TPSA) is 57.5 Å². The van der Waals surface area contributed by atoms with Gasteiger partial charge in [-0.3, -0.25) is 4.79 Å². The molecule has 0 unspecified atom stereocenters. The number of hydrogen-bond acceptors (Lipinski definition) is 2. The van der Waals surface area contributed by atoms with Gasteiger partial charge in [0.25, 0.3) is 5.97 Å². The summed E-state index contributed by atoms with van der Waals surface area (Å²) in [5.41, 5.74) is 0. The van der Waals surface area contributed by atoms with Crippen molar-refractivity contribution in [1.29, 1.82) is 0 Å². The third-order valence-electron chi connectivity index (χ3n) is 0.667. The zero-order valence-corrected chi connectivity index (χ0v) is 7.27. The molecular weight excluding hydrogens is 156 g/mol. The monoisotopic (exact) mass is 170 g/mol. The molecule has 0 fully saturated rings. The lowest BCUT2D eigenvalue weighted by atomic mass is 10.4. The maximum Gasteiger partial charge on any atom is 0.300 e. The maximum absolute atomic E-state index is 9.00. The second kappa shape index (κ2) is 12.3. The molecule has 1 rings (SSSR count). The number of benzene rings is 1. The van der Waals surface area contributed by atoms with Crippen molar-refractivity contribution in [3.8, 4) is 0 Å². The predicted molar refractivity (Wildman–Crippen MR) is 47.9 cm³/mol. The first-order valence-corrected chi connectivity index (χ1v) is 3.37. The van der Waals surface area contributed by atoms with Gasteiger partial charge in [-0.1, -0.05) is 36.4 Å². The highest BCUT2D eigenvalue weighted by Crippen LogP contribution is 1.79. The minimum absolute atomic E-state index is 0.833. The molecule has 0 aliphatic carbocycles. The van der Waals surface area contributed by atoms with Gasteiger partial charge in [-0.25, -0.2) is 0 Å². The van der Waals surface area contributed by atoms with Crippen molar-refractivity contribution in [3.05, 3.63) is 36.4 Å². The van der Waals surface area contributed by atoms with Crippen molar-refractivity contribution in [1.82, 2.24) is 0 Å². The molecule has 0 amide bonds. The molecule has 0 aliphatic heterocycles. The fourth-order valence-corrected chi connectivity index (χ4v) is 0.385. The number of carbonyl (C=O) groups is 1. The van der Waals surface area contributed by atoms with E-state index in [2.05, 4.69) is 0 Å². The van der Waals surface area contributed by atoms with Gasteiger partial charge in [-0.15, -0.1) is 0 Å². The van der Waals surface area contributed by atoms with Gasteiger partial charge in [0, 0.05) is 14.0 Å². The van der Waals surface area contributed by atoms with Crippen LogP contribution in [0.2, 0.25) is 0 Å². The van der Waals surface area contributed by atoms with E-state index >= 15 is 0 Å². The third kappa shape index (κ3) is 23.4. The van der Waals surface area contributed by atoms with Gasteiger partial charge in [0.1, 0.15) is 0 Å². The Morgan fingerprint density at radius 1 is 0.917 bits per heavy atom. The lowest BCUT2D eigenvalue weighted by molar-refractivity contribution is -0.134. The Balaban J connectivity index is 0. The Morgan fingerprint density at radius 2 is 1.00 bits per heavy atom. The molecule has 68 valence electrons. The zero-order chi connectivity index (χ0) is 9.82. The van der Waals surface area contributed by atoms with Crippen LogP contribution in [-0.4, -0.2) is 23.3 Å². The van der Waals surface area contributed by atoms with E-state index in [9.17, 15) is 0 Å². The Bertz CT molecular complexity index is 142. The van der Waals surface area contributed by atoms with Crippen molar-refractivity contribution in [2.45, 2.75) is 6.92 Å². The highest BCUT2D eigenvalue weighted by Gasteiger charge is 1.65. The summed E-state index contributed by atoms with van der Waals surface area (Å²) >= 11 is 0. The second-order valence-corrected chi connectivity index (χ2v) is 1.67. The van der Waals surface area contributed by atoms with E-state index in [0.29, 0.717) is 0 Å². The Kier molecular flexibility index (Phi) is 13.6. The molecule has 1 aromatic rings. The molecule has 0 aromatic heterocycles. The molecule has 0 bridgehead atoms. The lowest BCUT2D eigenvalue weighted by Crippen LogP contribution is -1.78. The summed E-state index contributed by atoms with van der Waals surface area (Å²) in [7, 11) is 1.00. The van der Waals surface area contributed by atoms with E-state index < -0.39 is 5.97 Å². The predicted octanol–water partition coefficient (Wildman–Crippen LogP) is 1.39. The number of aliphatic carboxylic acids is 1. The zero-order valence-electron chi connectivity index (χ0n) is 7.27. The SMILES string of the molecule is CC(=O)O.CO.c1ccccc1. The number of carboxylic acid groups (broad SMARTS) is 1. The first-order valence-electron chi connectivity index (χ1n) is 3.37. The quantitative estimate of drug-likeness (QED) is 0.618. The fourth-order valence-electron chi connectivity index (χ4n) is 0.385. The van der Waals surface area contributed by atoms with Crippen LogP contribution >= 0.6 is 0 Å². The normalized spacial score (nSPS) is 6.58. The van der Waals surface area contributed by atoms with Crippen LogP contribution in [0.1, 0.15) is 6.92 Å². The molecule has 12 heavy (non-hydrogen) atoms.